The molecular weight excluding hydrogens is 284 g/mol. The molecule has 0 aliphatic heterocycles. The monoisotopic (exact) mass is 297 g/mol. The first-order valence-electron chi connectivity index (χ1n) is 6.04. The fraction of sp³-hybridized carbons (Fsp3) is 0.200. The Hall–Kier alpha value is -1.65. The van der Waals surface area contributed by atoms with Gasteiger partial charge in [0.15, 0.2) is 11.6 Å². The minimum absolute atomic E-state index is 0.115. The van der Waals surface area contributed by atoms with Gasteiger partial charge in [0.25, 0.3) is 0 Å². The standard InChI is InChI=1S/C15H14ClF2NO/c1-20-15-8-9(2-4-13(15)18)14(19)7-10-6-11(16)3-5-12(10)17/h2-6,8,14H,7,19H2,1H3. The molecular formula is C15H14ClF2NO. The molecule has 0 saturated carbocycles. The van der Waals surface area contributed by atoms with Crippen LogP contribution in [0.3, 0.4) is 0 Å². The molecule has 0 spiro atoms. The Kier molecular flexibility index (Phi) is 4.57. The maximum atomic E-state index is 13.7. The molecule has 0 fully saturated rings. The van der Waals surface area contributed by atoms with Gasteiger partial charge in [0, 0.05) is 11.1 Å². The molecule has 0 aliphatic rings. The summed E-state index contributed by atoms with van der Waals surface area (Å²) in [7, 11) is 1.38. The van der Waals surface area contributed by atoms with E-state index in [9.17, 15) is 8.78 Å². The zero-order valence-corrected chi connectivity index (χ0v) is 11.6. The number of hydrogen-bond donors (Lipinski definition) is 1. The van der Waals surface area contributed by atoms with Gasteiger partial charge in [-0.1, -0.05) is 17.7 Å². The van der Waals surface area contributed by atoms with Crippen molar-refractivity contribution in [2.24, 2.45) is 5.73 Å². The summed E-state index contributed by atoms with van der Waals surface area (Å²) in [6.07, 6.45) is 0.265. The highest BCUT2D eigenvalue weighted by Gasteiger charge is 2.13. The smallest absolute Gasteiger partial charge is 0.165 e. The van der Waals surface area contributed by atoms with Gasteiger partial charge >= 0.3 is 0 Å². The van der Waals surface area contributed by atoms with Crippen molar-refractivity contribution in [3.05, 3.63) is 64.2 Å². The number of hydrogen-bond acceptors (Lipinski definition) is 2. The molecule has 0 amide bonds. The van der Waals surface area contributed by atoms with Crippen molar-refractivity contribution in [2.75, 3.05) is 7.11 Å². The molecule has 0 heterocycles. The maximum absolute atomic E-state index is 13.7. The normalized spacial score (nSPS) is 12.2. The van der Waals surface area contributed by atoms with E-state index in [1.807, 2.05) is 0 Å². The third kappa shape index (κ3) is 3.26. The summed E-state index contributed by atoms with van der Waals surface area (Å²) < 4.78 is 31.9. The van der Waals surface area contributed by atoms with Crippen molar-refractivity contribution >= 4 is 11.6 Å². The van der Waals surface area contributed by atoms with Crippen molar-refractivity contribution in [3.8, 4) is 5.75 Å². The van der Waals surface area contributed by atoms with E-state index >= 15 is 0 Å². The van der Waals surface area contributed by atoms with Crippen LogP contribution in [0.5, 0.6) is 5.75 Å². The first kappa shape index (κ1) is 14.8. The Balaban J connectivity index is 2.23. The zero-order chi connectivity index (χ0) is 14.7. The van der Waals surface area contributed by atoms with Crippen LogP contribution in [-0.4, -0.2) is 7.11 Å². The molecule has 2 rings (SSSR count). The van der Waals surface area contributed by atoms with Gasteiger partial charge in [-0.3, -0.25) is 0 Å². The summed E-state index contributed by atoms with van der Waals surface area (Å²) in [5, 5.41) is 0.449. The van der Waals surface area contributed by atoms with E-state index in [1.165, 1.54) is 37.4 Å². The van der Waals surface area contributed by atoms with E-state index in [0.29, 0.717) is 16.1 Å². The third-order valence-electron chi connectivity index (χ3n) is 3.05. The van der Waals surface area contributed by atoms with Crippen molar-refractivity contribution in [1.29, 1.82) is 0 Å². The number of nitrogens with two attached hydrogens (primary N) is 1. The quantitative estimate of drug-likeness (QED) is 0.930. The highest BCUT2D eigenvalue weighted by Crippen LogP contribution is 2.25. The summed E-state index contributed by atoms with van der Waals surface area (Å²) in [4.78, 5) is 0. The zero-order valence-electron chi connectivity index (χ0n) is 10.9. The molecule has 20 heavy (non-hydrogen) atoms. The van der Waals surface area contributed by atoms with Gasteiger partial charge in [-0.15, -0.1) is 0 Å². The van der Waals surface area contributed by atoms with Gasteiger partial charge in [-0.2, -0.15) is 0 Å². The topological polar surface area (TPSA) is 35.2 Å². The van der Waals surface area contributed by atoms with Crippen molar-refractivity contribution < 1.29 is 13.5 Å². The lowest BCUT2D eigenvalue weighted by Crippen LogP contribution is -2.14. The Morgan fingerprint density at radius 1 is 1.15 bits per heavy atom. The second-order valence-corrected chi connectivity index (χ2v) is 4.88. The highest BCUT2D eigenvalue weighted by atomic mass is 35.5. The third-order valence-corrected chi connectivity index (χ3v) is 3.29. The number of methoxy groups -OCH3 is 1. The molecule has 0 saturated heterocycles. The van der Waals surface area contributed by atoms with Crippen LogP contribution < -0.4 is 10.5 Å². The van der Waals surface area contributed by atoms with E-state index in [1.54, 1.807) is 6.07 Å². The minimum Gasteiger partial charge on any atom is -0.494 e. The molecule has 2 aromatic carbocycles. The van der Waals surface area contributed by atoms with Crippen LogP contribution in [0.2, 0.25) is 5.02 Å². The predicted molar refractivity (Wildman–Crippen MR) is 75.0 cm³/mol. The van der Waals surface area contributed by atoms with Crippen LogP contribution in [0.15, 0.2) is 36.4 Å². The molecule has 106 valence electrons. The molecule has 1 atom stereocenters. The number of benzene rings is 2. The van der Waals surface area contributed by atoms with Gasteiger partial charge in [-0.05, 0) is 47.9 Å². The van der Waals surface area contributed by atoms with Crippen LogP contribution in [0, 0.1) is 11.6 Å². The Labute approximate surface area is 121 Å². The lowest BCUT2D eigenvalue weighted by Gasteiger charge is -2.14. The Morgan fingerprint density at radius 3 is 2.55 bits per heavy atom. The highest BCUT2D eigenvalue weighted by molar-refractivity contribution is 6.30. The van der Waals surface area contributed by atoms with Crippen molar-refractivity contribution in [3.63, 3.8) is 0 Å². The van der Waals surface area contributed by atoms with E-state index in [2.05, 4.69) is 0 Å². The lowest BCUT2D eigenvalue weighted by molar-refractivity contribution is 0.385. The van der Waals surface area contributed by atoms with Crippen molar-refractivity contribution in [2.45, 2.75) is 12.5 Å². The summed E-state index contributed by atoms with van der Waals surface area (Å²) in [5.74, 6) is -0.708. The number of halogens is 3. The van der Waals surface area contributed by atoms with Crippen molar-refractivity contribution in [1.82, 2.24) is 0 Å². The largest absolute Gasteiger partial charge is 0.494 e. The van der Waals surface area contributed by atoms with Gasteiger partial charge in [0.1, 0.15) is 5.82 Å². The van der Waals surface area contributed by atoms with Crippen LogP contribution in [0.4, 0.5) is 8.78 Å². The average Bonchev–Trinajstić information content (AvgIpc) is 2.43. The van der Waals surface area contributed by atoms with Crippen LogP contribution >= 0.6 is 11.6 Å². The summed E-state index contributed by atoms with van der Waals surface area (Å²) in [6.45, 7) is 0. The molecule has 2 nitrogen and oxygen atoms in total. The van der Waals surface area contributed by atoms with Gasteiger partial charge in [0.05, 0.1) is 7.11 Å². The van der Waals surface area contributed by atoms with Gasteiger partial charge in [0.2, 0.25) is 0 Å². The SMILES string of the molecule is COc1cc(C(N)Cc2cc(Cl)ccc2F)ccc1F. The fourth-order valence-corrected chi connectivity index (χ4v) is 2.16. The van der Waals surface area contributed by atoms with E-state index in [0.717, 1.165) is 0 Å². The van der Waals surface area contributed by atoms with Crippen LogP contribution in [-0.2, 0) is 6.42 Å². The first-order chi connectivity index (χ1) is 9.51. The maximum Gasteiger partial charge on any atom is 0.165 e. The Bertz CT molecular complexity index is 619. The van der Waals surface area contributed by atoms with E-state index < -0.39 is 11.9 Å². The fourth-order valence-electron chi connectivity index (χ4n) is 1.96. The molecule has 5 heteroatoms. The second kappa shape index (κ2) is 6.20. The van der Waals surface area contributed by atoms with Gasteiger partial charge in [-0.25, -0.2) is 8.78 Å². The minimum atomic E-state index is -0.475. The first-order valence-corrected chi connectivity index (χ1v) is 6.42. The van der Waals surface area contributed by atoms with Gasteiger partial charge < -0.3 is 10.5 Å². The summed E-state index contributed by atoms with van der Waals surface area (Å²) in [6, 6.07) is 8.20. The molecule has 0 bridgehead atoms. The number of ether oxygens (including phenoxy) is 1. The van der Waals surface area contributed by atoms with Crippen LogP contribution in [0.25, 0.3) is 0 Å². The summed E-state index contributed by atoms with van der Waals surface area (Å²) in [5.41, 5.74) is 7.13. The average molecular weight is 298 g/mol. The Morgan fingerprint density at radius 2 is 1.85 bits per heavy atom. The number of rotatable bonds is 4. The van der Waals surface area contributed by atoms with Crippen LogP contribution in [0.1, 0.15) is 17.2 Å². The predicted octanol–water partition coefficient (Wildman–Crippen LogP) is 3.87. The molecule has 0 aliphatic carbocycles. The van der Waals surface area contributed by atoms with E-state index in [4.69, 9.17) is 22.1 Å². The lowest BCUT2D eigenvalue weighted by atomic mass is 9.99. The second-order valence-electron chi connectivity index (χ2n) is 4.44. The molecule has 2 aromatic rings. The molecule has 1 unspecified atom stereocenters. The molecule has 2 N–H and O–H groups in total. The summed E-state index contributed by atoms with van der Waals surface area (Å²) >= 11 is 5.84. The molecule has 0 aromatic heterocycles. The molecule has 0 radical (unpaired) electrons. The van der Waals surface area contributed by atoms with E-state index in [-0.39, 0.29) is 18.0 Å².